The monoisotopic (exact) mass is 326 g/mol. The van der Waals surface area contributed by atoms with Gasteiger partial charge in [0, 0.05) is 0 Å². The zero-order valence-corrected chi connectivity index (χ0v) is 13.8. The summed E-state index contributed by atoms with van der Waals surface area (Å²) in [6, 6.07) is 0.945. The number of hydrogen-bond donors (Lipinski definition) is 3. The minimum atomic E-state index is -1.07. The number of carbonyl (C=O) groups excluding carboxylic acids is 2. The molecule has 0 aliphatic carbocycles. The van der Waals surface area contributed by atoms with E-state index in [1.54, 1.807) is 0 Å². The van der Waals surface area contributed by atoms with Crippen molar-refractivity contribution in [2.24, 2.45) is 5.92 Å². The van der Waals surface area contributed by atoms with Crippen molar-refractivity contribution < 1.29 is 19.5 Å². The Morgan fingerprint density at radius 2 is 2.00 bits per heavy atom. The first-order chi connectivity index (χ1) is 10.3. The van der Waals surface area contributed by atoms with Gasteiger partial charge >= 0.3 is 5.97 Å². The average molecular weight is 326 g/mol. The average Bonchev–Trinajstić information content (AvgIpc) is 2.91. The number of rotatable bonds is 8. The van der Waals surface area contributed by atoms with E-state index in [9.17, 15) is 14.4 Å². The Morgan fingerprint density at radius 1 is 1.32 bits per heavy atom. The first-order valence-corrected chi connectivity index (χ1v) is 8.09. The number of thiophene rings is 1. The smallest absolute Gasteiger partial charge is 0.326 e. The fraction of sp³-hybridized carbons (Fsp3) is 0.533. The minimum Gasteiger partial charge on any atom is -0.480 e. The van der Waals surface area contributed by atoms with Crippen LogP contribution in [0.3, 0.4) is 0 Å². The number of carboxylic acids is 1. The quantitative estimate of drug-likeness (QED) is 0.677. The number of carboxylic acid groups (broad SMARTS) is 1. The predicted molar refractivity (Wildman–Crippen MR) is 85.1 cm³/mol. The molecule has 1 atom stereocenters. The van der Waals surface area contributed by atoms with Gasteiger partial charge in [-0.25, -0.2) is 4.79 Å². The standard InChI is InChI=1S/C15H22N2O4S/c1-4-10-5-6-22-13(10)14(19)16-8-12(18)17-11(15(20)21)7-9(2)3/h5-6,9,11H,4,7-8H2,1-3H3,(H,16,19)(H,17,18)(H,20,21)/t11-/m0/s1. The Labute approximate surface area is 133 Å². The molecule has 1 rings (SSSR count). The number of amides is 2. The molecular formula is C15H22N2O4S. The summed E-state index contributed by atoms with van der Waals surface area (Å²) in [5.41, 5.74) is 0.936. The fourth-order valence-electron chi connectivity index (χ4n) is 1.99. The molecule has 0 aliphatic heterocycles. The zero-order chi connectivity index (χ0) is 16.7. The van der Waals surface area contributed by atoms with Gasteiger partial charge in [0.15, 0.2) is 0 Å². The van der Waals surface area contributed by atoms with Crippen molar-refractivity contribution in [3.8, 4) is 0 Å². The minimum absolute atomic E-state index is 0.147. The van der Waals surface area contributed by atoms with Gasteiger partial charge in [0.2, 0.25) is 5.91 Å². The SMILES string of the molecule is CCc1ccsc1C(=O)NCC(=O)N[C@@H](CC(C)C)C(=O)O. The van der Waals surface area contributed by atoms with Crippen LogP contribution < -0.4 is 10.6 Å². The van der Waals surface area contributed by atoms with E-state index in [1.165, 1.54) is 11.3 Å². The summed E-state index contributed by atoms with van der Waals surface area (Å²) in [4.78, 5) is 35.4. The van der Waals surface area contributed by atoms with E-state index in [-0.39, 0.29) is 18.4 Å². The summed E-state index contributed by atoms with van der Waals surface area (Å²) in [6.45, 7) is 5.48. The zero-order valence-electron chi connectivity index (χ0n) is 13.0. The van der Waals surface area contributed by atoms with Gasteiger partial charge in [-0.3, -0.25) is 9.59 Å². The summed E-state index contributed by atoms with van der Waals surface area (Å²) < 4.78 is 0. The third kappa shape index (κ3) is 5.48. The lowest BCUT2D eigenvalue weighted by Crippen LogP contribution is -2.46. The van der Waals surface area contributed by atoms with E-state index in [0.717, 1.165) is 12.0 Å². The second-order valence-corrected chi connectivity index (χ2v) is 6.32. The van der Waals surface area contributed by atoms with Crippen LogP contribution in [0.15, 0.2) is 11.4 Å². The largest absolute Gasteiger partial charge is 0.480 e. The van der Waals surface area contributed by atoms with E-state index >= 15 is 0 Å². The maximum absolute atomic E-state index is 12.0. The highest BCUT2D eigenvalue weighted by molar-refractivity contribution is 7.12. The van der Waals surface area contributed by atoms with Crippen molar-refractivity contribution in [2.75, 3.05) is 6.54 Å². The molecule has 7 heteroatoms. The van der Waals surface area contributed by atoms with Crippen molar-refractivity contribution in [1.29, 1.82) is 0 Å². The molecule has 122 valence electrons. The molecule has 0 spiro atoms. The predicted octanol–water partition coefficient (Wildman–Crippen LogP) is 1.66. The van der Waals surface area contributed by atoms with Gasteiger partial charge < -0.3 is 15.7 Å². The Balaban J connectivity index is 2.51. The van der Waals surface area contributed by atoms with Crippen molar-refractivity contribution >= 4 is 29.1 Å². The maximum atomic E-state index is 12.0. The van der Waals surface area contributed by atoms with E-state index in [0.29, 0.717) is 11.3 Å². The maximum Gasteiger partial charge on any atom is 0.326 e. The lowest BCUT2D eigenvalue weighted by Gasteiger charge is -2.16. The van der Waals surface area contributed by atoms with E-state index in [4.69, 9.17) is 5.11 Å². The van der Waals surface area contributed by atoms with E-state index < -0.39 is 17.9 Å². The second-order valence-electron chi connectivity index (χ2n) is 5.40. The second kappa shape index (κ2) is 8.53. The number of aryl methyl sites for hydroxylation is 1. The van der Waals surface area contributed by atoms with Crippen molar-refractivity contribution in [2.45, 2.75) is 39.7 Å². The van der Waals surface area contributed by atoms with Gasteiger partial charge in [-0.1, -0.05) is 20.8 Å². The highest BCUT2D eigenvalue weighted by Crippen LogP contribution is 2.16. The molecule has 0 unspecified atom stereocenters. The first kappa shape index (κ1) is 18.2. The van der Waals surface area contributed by atoms with Crippen LogP contribution in [0.2, 0.25) is 0 Å². The fourth-order valence-corrected chi connectivity index (χ4v) is 2.90. The molecule has 6 nitrogen and oxygen atoms in total. The molecular weight excluding hydrogens is 304 g/mol. The summed E-state index contributed by atoms with van der Waals surface area (Å²) in [5.74, 6) is -1.73. The van der Waals surface area contributed by atoms with Gasteiger partial charge in [-0.2, -0.15) is 0 Å². The van der Waals surface area contributed by atoms with E-state index in [2.05, 4.69) is 10.6 Å². The van der Waals surface area contributed by atoms with Crippen LogP contribution in [0, 0.1) is 5.92 Å². The van der Waals surface area contributed by atoms with Gasteiger partial charge in [-0.15, -0.1) is 11.3 Å². The van der Waals surface area contributed by atoms with Crippen molar-refractivity contribution in [3.63, 3.8) is 0 Å². The first-order valence-electron chi connectivity index (χ1n) is 7.21. The summed E-state index contributed by atoms with van der Waals surface area (Å²) in [6.07, 6.45) is 1.09. The number of aliphatic carboxylic acids is 1. The highest BCUT2D eigenvalue weighted by Gasteiger charge is 2.21. The Kier molecular flexibility index (Phi) is 7.04. The van der Waals surface area contributed by atoms with Crippen LogP contribution >= 0.6 is 11.3 Å². The van der Waals surface area contributed by atoms with Crippen LogP contribution in [0.5, 0.6) is 0 Å². The van der Waals surface area contributed by atoms with Crippen LogP contribution in [0.25, 0.3) is 0 Å². The van der Waals surface area contributed by atoms with Gasteiger partial charge in [-0.05, 0) is 35.8 Å². The number of nitrogens with one attached hydrogen (secondary N) is 2. The molecule has 3 N–H and O–H groups in total. The van der Waals surface area contributed by atoms with Crippen LogP contribution in [-0.4, -0.2) is 35.5 Å². The molecule has 1 aromatic heterocycles. The lowest BCUT2D eigenvalue weighted by atomic mass is 10.0. The normalized spacial score (nSPS) is 12.0. The third-order valence-electron chi connectivity index (χ3n) is 3.08. The third-order valence-corrected chi connectivity index (χ3v) is 4.04. The van der Waals surface area contributed by atoms with Crippen molar-refractivity contribution in [1.82, 2.24) is 10.6 Å². The van der Waals surface area contributed by atoms with Gasteiger partial charge in [0.25, 0.3) is 5.91 Å². The van der Waals surface area contributed by atoms with Crippen LogP contribution in [-0.2, 0) is 16.0 Å². The molecule has 1 aromatic rings. The number of carbonyl (C=O) groups is 3. The molecule has 22 heavy (non-hydrogen) atoms. The van der Waals surface area contributed by atoms with E-state index in [1.807, 2.05) is 32.2 Å². The van der Waals surface area contributed by atoms with Crippen molar-refractivity contribution in [3.05, 3.63) is 21.9 Å². The summed E-state index contributed by atoms with van der Waals surface area (Å²) in [7, 11) is 0. The molecule has 0 fully saturated rings. The Hall–Kier alpha value is -1.89. The van der Waals surface area contributed by atoms with Gasteiger partial charge in [0.05, 0.1) is 11.4 Å². The highest BCUT2D eigenvalue weighted by atomic mass is 32.1. The Bertz CT molecular complexity index is 539. The van der Waals surface area contributed by atoms with Crippen LogP contribution in [0.4, 0.5) is 0 Å². The molecule has 0 aliphatic rings. The lowest BCUT2D eigenvalue weighted by molar-refractivity contribution is -0.142. The summed E-state index contributed by atoms with van der Waals surface area (Å²) >= 11 is 1.32. The Morgan fingerprint density at radius 3 is 2.55 bits per heavy atom. The molecule has 0 saturated heterocycles. The molecule has 1 heterocycles. The van der Waals surface area contributed by atoms with Crippen LogP contribution in [0.1, 0.15) is 42.4 Å². The summed E-state index contributed by atoms with van der Waals surface area (Å²) in [5, 5.41) is 15.8. The molecule has 0 bridgehead atoms. The molecule has 0 aromatic carbocycles. The topological polar surface area (TPSA) is 95.5 Å². The van der Waals surface area contributed by atoms with Gasteiger partial charge in [0.1, 0.15) is 6.04 Å². The molecule has 2 amide bonds. The number of hydrogen-bond acceptors (Lipinski definition) is 4. The molecule has 0 radical (unpaired) electrons. The molecule has 0 saturated carbocycles.